The number of aromatic nitrogens is 1. The van der Waals surface area contributed by atoms with Crippen molar-refractivity contribution >= 4 is 22.4 Å². The number of thiazole rings is 1. The molecule has 0 saturated carbocycles. The third-order valence-electron chi connectivity index (χ3n) is 2.73. The standard InChI is InChI=1S/C12H21N3O2S/c1-2-3-9(4-5-16)7-14-11(17)6-10-8-18-12(13)15-10/h8-9,16H,2-7H2,1H3,(H2,13,15)(H,14,17). The van der Waals surface area contributed by atoms with Crippen LogP contribution in [0.2, 0.25) is 0 Å². The van der Waals surface area contributed by atoms with Crippen LogP contribution in [0.4, 0.5) is 5.13 Å². The van der Waals surface area contributed by atoms with E-state index in [1.807, 2.05) is 0 Å². The maximum atomic E-state index is 11.7. The first-order valence-corrected chi connectivity index (χ1v) is 7.11. The summed E-state index contributed by atoms with van der Waals surface area (Å²) in [4.78, 5) is 15.7. The van der Waals surface area contributed by atoms with Crippen LogP contribution in [0.5, 0.6) is 0 Å². The molecule has 1 rings (SSSR count). The molecule has 4 N–H and O–H groups in total. The Balaban J connectivity index is 2.30. The number of amides is 1. The number of nitrogens with one attached hydrogen (secondary N) is 1. The maximum absolute atomic E-state index is 11.7. The molecule has 1 aromatic heterocycles. The van der Waals surface area contributed by atoms with Crippen molar-refractivity contribution in [1.82, 2.24) is 10.3 Å². The van der Waals surface area contributed by atoms with Crippen LogP contribution < -0.4 is 11.1 Å². The highest BCUT2D eigenvalue weighted by atomic mass is 32.1. The van der Waals surface area contributed by atoms with E-state index in [0.717, 1.165) is 19.3 Å². The smallest absolute Gasteiger partial charge is 0.226 e. The molecule has 5 nitrogen and oxygen atoms in total. The van der Waals surface area contributed by atoms with Crippen LogP contribution in [0.1, 0.15) is 31.9 Å². The maximum Gasteiger partial charge on any atom is 0.226 e. The zero-order chi connectivity index (χ0) is 13.4. The number of hydrogen-bond donors (Lipinski definition) is 3. The van der Waals surface area contributed by atoms with E-state index in [4.69, 9.17) is 10.8 Å². The second-order valence-electron chi connectivity index (χ2n) is 4.32. The predicted octanol–water partition coefficient (Wildman–Crippen LogP) is 1.18. The Bertz CT molecular complexity index is 362. The number of aliphatic hydroxyl groups is 1. The topological polar surface area (TPSA) is 88.2 Å². The lowest BCUT2D eigenvalue weighted by Gasteiger charge is -2.15. The summed E-state index contributed by atoms with van der Waals surface area (Å²) >= 11 is 1.34. The van der Waals surface area contributed by atoms with E-state index >= 15 is 0 Å². The summed E-state index contributed by atoms with van der Waals surface area (Å²) in [5.41, 5.74) is 6.22. The zero-order valence-corrected chi connectivity index (χ0v) is 11.5. The highest BCUT2D eigenvalue weighted by Crippen LogP contribution is 2.12. The van der Waals surface area contributed by atoms with E-state index in [1.54, 1.807) is 5.38 Å². The number of carbonyl (C=O) groups is 1. The van der Waals surface area contributed by atoms with Gasteiger partial charge < -0.3 is 16.2 Å². The van der Waals surface area contributed by atoms with E-state index in [1.165, 1.54) is 11.3 Å². The number of carbonyl (C=O) groups excluding carboxylic acids is 1. The molecule has 1 heterocycles. The van der Waals surface area contributed by atoms with Gasteiger partial charge in [-0.25, -0.2) is 4.98 Å². The van der Waals surface area contributed by atoms with Crippen LogP contribution in [-0.2, 0) is 11.2 Å². The van der Waals surface area contributed by atoms with E-state index in [-0.39, 0.29) is 18.9 Å². The number of rotatable bonds is 8. The molecule has 6 heteroatoms. The molecule has 0 aliphatic carbocycles. The van der Waals surface area contributed by atoms with Gasteiger partial charge in [-0.15, -0.1) is 11.3 Å². The number of nitrogens with two attached hydrogens (primary N) is 1. The molecule has 102 valence electrons. The summed E-state index contributed by atoms with van der Waals surface area (Å²) in [5, 5.41) is 14.1. The van der Waals surface area contributed by atoms with Crippen molar-refractivity contribution in [3.8, 4) is 0 Å². The van der Waals surface area contributed by atoms with E-state index in [2.05, 4.69) is 17.2 Å². The first-order valence-electron chi connectivity index (χ1n) is 6.23. The van der Waals surface area contributed by atoms with Gasteiger partial charge in [-0.1, -0.05) is 13.3 Å². The summed E-state index contributed by atoms with van der Waals surface area (Å²) in [6.45, 7) is 2.89. The Morgan fingerprint density at radius 3 is 2.94 bits per heavy atom. The molecule has 0 radical (unpaired) electrons. The van der Waals surface area contributed by atoms with Gasteiger partial charge in [0.15, 0.2) is 5.13 Å². The number of anilines is 1. The predicted molar refractivity (Wildman–Crippen MR) is 73.3 cm³/mol. The van der Waals surface area contributed by atoms with Crippen molar-refractivity contribution in [2.24, 2.45) is 5.92 Å². The lowest BCUT2D eigenvalue weighted by molar-refractivity contribution is -0.120. The molecule has 1 atom stereocenters. The first kappa shape index (κ1) is 14.9. The van der Waals surface area contributed by atoms with E-state index in [9.17, 15) is 4.79 Å². The summed E-state index contributed by atoms with van der Waals surface area (Å²) in [6.07, 6.45) is 3.08. The Hall–Kier alpha value is -1.14. The van der Waals surface area contributed by atoms with Gasteiger partial charge in [-0.3, -0.25) is 4.79 Å². The van der Waals surface area contributed by atoms with Crippen LogP contribution in [-0.4, -0.2) is 29.1 Å². The van der Waals surface area contributed by atoms with Gasteiger partial charge in [0.05, 0.1) is 12.1 Å². The second kappa shape index (κ2) is 8.05. The molecule has 1 aromatic rings. The highest BCUT2D eigenvalue weighted by Gasteiger charge is 2.10. The SMILES string of the molecule is CCCC(CCO)CNC(=O)Cc1csc(N)n1. The monoisotopic (exact) mass is 271 g/mol. The fourth-order valence-corrected chi connectivity index (χ4v) is 2.39. The molecule has 0 bridgehead atoms. The Morgan fingerprint density at radius 2 is 2.39 bits per heavy atom. The average Bonchev–Trinajstić information content (AvgIpc) is 2.72. The van der Waals surface area contributed by atoms with Crippen LogP contribution >= 0.6 is 11.3 Å². The van der Waals surface area contributed by atoms with Gasteiger partial charge in [-0.2, -0.15) is 0 Å². The minimum atomic E-state index is -0.0423. The molecule has 0 spiro atoms. The molecular weight excluding hydrogens is 250 g/mol. The van der Waals surface area contributed by atoms with Gasteiger partial charge in [0.2, 0.25) is 5.91 Å². The van der Waals surface area contributed by atoms with Gasteiger partial charge in [-0.05, 0) is 18.8 Å². The molecular formula is C12H21N3O2S. The minimum Gasteiger partial charge on any atom is -0.396 e. The van der Waals surface area contributed by atoms with Crippen molar-refractivity contribution in [3.05, 3.63) is 11.1 Å². The first-order chi connectivity index (χ1) is 8.65. The van der Waals surface area contributed by atoms with Crippen molar-refractivity contribution in [2.45, 2.75) is 32.6 Å². The van der Waals surface area contributed by atoms with E-state index in [0.29, 0.717) is 23.3 Å². The highest BCUT2D eigenvalue weighted by molar-refractivity contribution is 7.13. The molecule has 0 saturated heterocycles. The van der Waals surface area contributed by atoms with Crippen LogP contribution in [0.25, 0.3) is 0 Å². The van der Waals surface area contributed by atoms with Crippen LogP contribution in [0, 0.1) is 5.92 Å². The lowest BCUT2D eigenvalue weighted by atomic mass is 10.0. The number of nitrogens with zero attached hydrogens (tertiary/aromatic N) is 1. The second-order valence-corrected chi connectivity index (χ2v) is 5.21. The van der Waals surface area contributed by atoms with Crippen molar-refractivity contribution in [3.63, 3.8) is 0 Å². The van der Waals surface area contributed by atoms with Crippen molar-refractivity contribution in [1.29, 1.82) is 0 Å². The van der Waals surface area contributed by atoms with Gasteiger partial charge in [0.1, 0.15) is 0 Å². The Labute approximate surface area is 111 Å². The zero-order valence-electron chi connectivity index (χ0n) is 10.7. The fourth-order valence-electron chi connectivity index (χ4n) is 1.83. The Kier molecular flexibility index (Phi) is 6.67. The Morgan fingerprint density at radius 1 is 1.61 bits per heavy atom. The van der Waals surface area contributed by atoms with Gasteiger partial charge in [0, 0.05) is 18.5 Å². The summed E-state index contributed by atoms with van der Waals surface area (Å²) < 4.78 is 0. The third-order valence-corrected chi connectivity index (χ3v) is 3.46. The average molecular weight is 271 g/mol. The minimum absolute atomic E-state index is 0.0423. The molecule has 0 aliphatic rings. The summed E-state index contributed by atoms with van der Waals surface area (Å²) in [7, 11) is 0. The van der Waals surface area contributed by atoms with Crippen molar-refractivity contribution < 1.29 is 9.90 Å². The fraction of sp³-hybridized carbons (Fsp3) is 0.667. The molecule has 0 fully saturated rings. The molecule has 1 amide bonds. The molecule has 0 aromatic carbocycles. The normalized spacial score (nSPS) is 12.3. The third kappa shape index (κ3) is 5.46. The lowest BCUT2D eigenvalue weighted by Crippen LogP contribution is -2.31. The van der Waals surface area contributed by atoms with Crippen LogP contribution in [0.15, 0.2) is 5.38 Å². The largest absolute Gasteiger partial charge is 0.396 e. The number of aliphatic hydroxyl groups excluding tert-OH is 1. The van der Waals surface area contributed by atoms with Crippen molar-refractivity contribution in [2.75, 3.05) is 18.9 Å². The quantitative estimate of drug-likeness (QED) is 0.662. The molecule has 1 unspecified atom stereocenters. The number of hydrogen-bond acceptors (Lipinski definition) is 5. The summed E-state index contributed by atoms with van der Waals surface area (Å²) in [6, 6.07) is 0. The van der Waals surface area contributed by atoms with Gasteiger partial charge in [0.25, 0.3) is 0 Å². The van der Waals surface area contributed by atoms with Gasteiger partial charge >= 0.3 is 0 Å². The van der Waals surface area contributed by atoms with E-state index < -0.39 is 0 Å². The molecule has 0 aliphatic heterocycles. The molecule has 18 heavy (non-hydrogen) atoms. The summed E-state index contributed by atoms with van der Waals surface area (Å²) in [5.74, 6) is 0.309. The van der Waals surface area contributed by atoms with Crippen LogP contribution in [0.3, 0.4) is 0 Å². The number of nitrogen functional groups attached to an aromatic ring is 1.